The van der Waals surface area contributed by atoms with E-state index in [1.807, 2.05) is 26.0 Å². The highest BCUT2D eigenvalue weighted by Gasteiger charge is 2.07. The third-order valence-electron chi connectivity index (χ3n) is 2.90. The van der Waals surface area contributed by atoms with Crippen LogP contribution in [0.4, 0.5) is 10.1 Å². The summed E-state index contributed by atoms with van der Waals surface area (Å²) in [6.07, 6.45) is 0. The van der Waals surface area contributed by atoms with Crippen molar-refractivity contribution in [2.24, 2.45) is 0 Å². The van der Waals surface area contributed by atoms with Crippen molar-refractivity contribution in [2.45, 2.75) is 20.4 Å². The molecule has 1 nitrogen and oxygen atoms in total. The standard InChI is InChI=1S/C15H15ClFN/c1-10-6-7-15(11(2)8-10)18-9-12-13(16)4-3-5-14(12)17/h3-8,18H,9H2,1-2H3. The van der Waals surface area contributed by atoms with E-state index < -0.39 is 0 Å². The van der Waals surface area contributed by atoms with E-state index in [9.17, 15) is 4.39 Å². The lowest BCUT2D eigenvalue weighted by atomic mass is 10.1. The number of aryl methyl sites for hydroxylation is 2. The van der Waals surface area contributed by atoms with Crippen molar-refractivity contribution >= 4 is 17.3 Å². The number of nitrogens with one attached hydrogen (secondary N) is 1. The minimum Gasteiger partial charge on any atom is -0.381 e. The van der Waals surface area contributed by atoms with Crippen molar-refractivity contribution in [3.63, 3.8) is 0 Å². The number of halogens is 2. The molecule has 0 fully saturated rings. The van der Waals surface area contributed by atoms with Gasteiger partial charge in [-0.3, -0.25) is 0 Å². The van der Waals surface area contributed by atoms with Crippen LogP contribution in [0, 0.1) is 19.7 Å². The van der Waals surface area contributed by atoms with Crippen LogP contribution < -0.4 is 5.32 Å². The first-order valence-electron chi connectivity index (χ1n) is 5.82. The Labute approximate surface area is 112 Å². The summed E-state index contributed by atoms with van der Waals surface area (Å²) in [5.41, 5.74) is 3.85. The summed E-state index contributed by atoms with van der Waals surface area (Å²) in [5.74, 6) is -0.278. The predicted octanol–water partition coefficient (Wildman–Crippen LogP) is 4.71. The average Bonchev–Trinajstić information content (AvgIpc) is 2.31. The van der Waals surface area contributed by atoms with Gasteiger partial charge in [0.05, 0.1) is 0 Å². The second-order valence-corrected chi connectivity index (χ2v) is 4.78. The molecule has 18 heavy (non-hydrogen) atoms. The van der Waals surface area contributed by atoms with Crippen molar-refractivity contribution in [3.05, 3.63) is 63.9 Å². The first-order chi connectivity index (χ1) is 8.58. The van der Waals surface area contributed by atoms with Crippen molar-refractivity contribution in [2.75, 3.05) is 5.32 Å². The van der Waals surface area contributed by atoms with E-state index in [-0.39, 0.29) is 5.82 Å². The van der Waals surface area contributed by atoms with E-state index in [1.54, 1.807) is 12.1 Å². The van der Waals surface area contributed by atoms with Gasteiger partial charge in [-0.25, -0.2) is 4.39 Å². The largest absolute Gasteiger partial charge is 0.381 e. The molecule has 0 unspecified atom stereocenters. The van der Waals surface area contributed by atoms with Gasteiger partial charge in [0.25, 0.3) is 0 Å². The lowest BCUT2D eigenvalue weighted by Gasteiger charge is -2.11. The third-order valence-corrected chi connectivity index (χ3v) is 3.25. The fraction of sp³-hybridized carbons (Fsp3) is 0.200. The summed E-state index contributed by atoms with van der Waals surface area (Å²) in [4.78, 5) is 0. The fourth-order valence-electron chi connectivity index (χ4n) is 1.90. The molecule has 1 N–H and O–H groups in total. The van der Waals surface area contributed by atoms with E-state index in [0.29, 0.717) is 17.1 Å². The maximum atomic E-state index is 13.6. The van der Waals surface area contributed by atoms with Crippen LogP contribution in [-0.2, 0) is 6.54 Å². The van der Waals surface area contributed by atoms with Crippen LogP contribution in [0.3, 0.4) is 0 Å². The molecule has 0 aliphatic carbocycles. The Morgan fingerprint density at radius 3 is 2.61 bits per heavy atom. The molecular weight excluding hydrogens is 249 g/mol. The zero-order valence-electron chi connectivity index (χ0n) is 10.4. The maximum absolute atomic E-state index is 13.6. The molecule has 2 rings (SSSR count). The van der Waals surface area contributed by atoms with Crippen molar-refractivity contribution < 1.29 is 4.39 Å². The SMILES string of the molecule is Cc1ccc(NCc2c(F)cccc2Cl)c(C)c1. The Hall–Kier alpha value is -1.54. The molecule has 0 radical (unpaired) electrons. The Balaban J connectivity index is 2.16. The first-order valence-corrected chi connectivity index (χ1v) is 6.20. The van der Waals surface area contributed by atoms with Gasteiger partial charge >= 0.3 is 0 Å². The predicted molar refractivity (Wildman–Crippen MR) is 74.7 cm³/mol. The molecule has 2 aromatic rings. The molecule has 0 aliphatic heterocycles. The topological polar surface area (TPSA) is 12.0 Å². The second-order valence-electron chi connectivity index (χ2n) is 4.37. The molecule has 0 aromatic heterocycles. The summed E-state index contributed by atoms with van der Waals surface area (Å²) in [6, 6.07) is 10.8. The van der Waals surface area contributed by atoms with Gasteiger partial charge in [-0.05, 0) is 37.6 Å². The zero-order chi connectivity index (χ0) is 13.1. The summed E-state index contributed by atoms with van der Waals surface area (Å²) in [6.45, 7) is 4.46. The van der Waals surface area contributed by atoms with Gasteiger partial charge in [-0.1, -0.05) is 35.4 Å². The number of hydrogen-bond acceptors (Lipinski definition) is 1. The highest BCUT2D eigenvalue weighted by molar-refractivity contribution is 6.31. The molecule has 94 valence electrons. The van der Waals surface area contributed by atoms with Crippen LogP contribution in [0.5, 0.6) is 0 Å². The molecule has 3 heteroatoms. The number of anilines is 1. The van der Waals surface area contributed by atoms with Crippen LogP contribution in [0.1, 0.15) is 16.7 Å². The van der Waals surface area contributed by atoms with E-state index in [4.69, 9.17) is 11.6 Å². The minimum absolute atomic E-state index is 0.278. The van der Waals surface area contributed by atoms with Crippen LogP contribution >= 0.6 is 11.6 Å². The zero-order valence-corrected chi connectivity index (χ0v) is 11.2. The Kier molecular flexibility index (Phi) is 3.87. The smallest absolute Gasteiger partial charge is 0.129 e. The molecule has 0 bridgehead atoms. The number of benzene rings is 2. The molecule has 0 spiro atoms. The normalized spacial score (nSPS) is 10.4. The van der Waals surface area contributed by atoms with Gasteiger partial charge in [-0.2, -0.15) is 0 Å². The van der Waals surface area contributed by atoms with Gasteiger partial charge in [-0.15, -0.1) is 0 Å². The van der Waals surface area contributed by atoms with E-state index in [1.165, 1.54) is 11.6 Å². The van der Waals surface area contributed by atoms with E-state index in [2.05, 4.69) is 11.4 Å². The van der Waals surface area contributed by atoms with Gasteiger partial charge in [0.2, 0.25) is 0 Å². The molecular formula is C15H15ClFN. The monoisotopic (exact) mass is 263 g/mol. The summed E-state index contributed by atoms with van der Waals surface area (Å²) >= 11 is 5.98. The summed E-state index contributed by atoms with van der Waals surface area (Å²) in [5, 5.41) is 3.66. The number of rotatable bonds is 3. The highest BCUT2D eigenvalue weighted by Crippen LogP contribution is 2.22. The van der Waals surface area contributed by atoms with Gasteiger partial charge < -0.3 is 5.32 Å². The van der Waals surface area contributed by atoms with E-state index >= 15 is 0 Å². The molecule has 0 saturated heterocycles. The molecule has 0 aliphatic rings. The maximum Gasteiger partial charge on any atom is 0.129 e. The fourth-order valence-corrected chi connectivity index (χ4v) is 2.13. The third kappa shape index (κ3) is 2.82. The lowest BCUT2D eigenvalue weighted by Crippen LogP contribution is -2.04. The lowest BCUT2D eigenvalue weighted by molar-refractivity contribution is 0.613. The highest BCUT2D eigenvalue weighted by atomic mass is 35.5. The average molecular weight is 264 g/mol. The van der Waals surface area contributed by atoms with Gasteiger partial charge in [0.1, 0.15) is 5.82 Å². The Morgan fingerprint density at radius 2 is 1.94 bits per heavy atom. The van der Waals surface area contributed by atoms with Gasteiger partial charge in [0.15, 0.2) is 0 Å². The van der Waals surface area contributed by atoms with Crippen LogP contribution in [0.2, 0.25) is 5.02 Å². The van der Waals surface area contributed by atoms with Crippen LogP contribution in [0.15, 0.2) is 36.4 Å². The Bertz CT molecular complexity index is 546. The summed E-state index contributed by atoms with van der Waals surface area (Å²) < 4.78 is 13.6. The van der Waals surface area contributed by atoms with Crippen LogP contribution in [0.25, 0.3) is 0 Å². The van der Waals surface area contributed by atoms with E-state index in [0.717, 1.165) is 11.3 Å². The summed E-state index contributed by atoms with van der Waals surface area (Å²) in [7, 11) is 0. The molecule has 0 atom stereocenters. The molecule has 0 saturated carbocycles. The minimum atomic E-state index is -0.278. The van der Waals surface area contributed by atoms with Crippen molar-refractivity contribution in [3.8, 4) is 0 Å². The molecule has 0 heterocycles. The molecule has 2 aromatic carbocycles. The Morgan fingerprint density at radius 1 is 1.17 bits per heavy atom. The molecule has 0 amide bonds. The van der Waals surface area contributed by atoms with Crippen molar-refractivity contribution in [1.82, 2.24) is 0 Å². The van der Waals surface area contributed by atoms with Gasteiger partial charge in [0, 0.05) is 22.8 Å². The van der Waals surface area contributed by atoms with Crippen molar-refractivity contribution in [1.29, 1.82) is 0 Å². The second kappa shape index (κ2) is 5.40. The first kappa shape index (κ1) is 12.9. The quantitative estimate of drug-likeness (QED) is 0.846. The van der Waals surface area contributed by atoms with Crippen LogP contribution in [-0.4, -0.2) is 0 Å². The number of hydrogen-bond donors (Lipinski definition) is 1.